The lowest BCUT2D eigenvalue weighted by Crippen LogP contribution is -2.42. The van der Waals surface area contributed by atoms with Crippen molar-refractivity contribution in [2.45, 2.75) is 64.1 Å². The van der Waals surface area contributed by atoms with Gasteiger partial charge in [0.25, 0.3) is 0 Å². The van der Waals surface area contributed by atoms with E-state index in [0.29, 0.717) is 0 Å². The number of carbonyl (C=O) groups excluding carboxylic acids is 1. The summed E-state index contributed by atoms with van der Waals surface area (Å²) in [4.78, 5) is 23.0. The van der Waals surface area contributed by atoms with Gasteiger partial charge in [-0.3, -0.25) is 0 Å². The van der Waals surface area contributed by atoms with E-state index in [1.807, 2.05) is 20.8 Å². The molecule has 1 amide bonds. The normalized spacial score (nSPS) is 20.6. The van der Waals surface area contributed by atoms with Crippen LogP contribution in [0.4, 0.5) is 10.5 Å². The first-order chi connectivity index (χ1) is 11.6. The van der Waals surface area contributed by atoms with Crippen LogP contribution in [0.5, 0.6) is 0 Å². The average Bonchev–Trinajstić information content (AvgIpc) is 2.49. The fourth-order valence-corrected chi connectivity index (χ4v) is 3.07. The summed E-state index contributed by atoms with van der Waals surface area (Å²) in [7, 11) is 0. The van der Waals surface area contributed by atoms with Crippen LogP contribution in [0.2, 0.25) is 5.02 Å². The molecule has 1 aliphatic carbocycles. The molecule has 0 atom stereocenters. The number of hydrogen-bond acceptors (Lipinski definition) is 4. The van der Waals surface area contributed by atoms with Crippen molar-refractivity contribution in [2.75, 3.05) is 5.32 Å². The van der Waals surface area contributed by atoms with Crippen molar-refractivity contribution < 1.29 is 19.4 Å². The van der Waals surface area contributed by atoms with Crippen LogP contribution in [0.1, 0.15) is 56.8 Å². The highest BCUT2D eigenvalue weighted by Gasteiger charge is 2.25. The van der Waals surface area contributed by atoms with Gasteiger partial charge in [-0.2, -0.15) is 0 Å². The minimum atomic E-state index is -1.04. The van der Waals surface area contributed by atoms with E-state index in [1.165, 1.54) is 0 Å². The van der Waals surface area contributed by atoms with Gasteiger partial charge in [-0.25, -0.2) is 9.59 Å². The molecule has 1 aromatic carbocycles. The monoisotopic (exact) mass is 368 g/mol. The van der Waals surface area contributed by atoms with Crippen LogP contribution in [-0.2, 0) is 4.74 Å². The van der Waals surface area contributed by atoms with Crippen LogP contribution >= 0.6 is 11.6 Å². The molecule has 0 heterocycles. The highest BCUT2D eigenvalue weighted by Crippen LogP contribution is 2.25. The van der Waals surface area contributed by atoms with Gasteiger partial charge >= 0.3 is 12.1 Å². The molecule has 1 aromatic rings. The number of halogens is 1. The number of carboxylic acids is 1. The molecule has 138 valence electrons. The summed E-state index contributed by atoms with van der Waals surface area (Å²) in [6.45, 7) is 5.51. The Balaban J connectivity index is 1.84. The smallest absolute Gasteiger partial charge is 0.407 e. The number of benzene rings is 1. The fourth-order valence-electron chi connectivity index (χ4n) is 2.87. The summed E-state index contributed by atoms with van der Waals surface area (Å²) in [5.41, 5.74) is 0.330. The van der Waals surface area contributed by atoms with Crippen LogP contribution < -0.4 is 10.6 Å². The second-order valence-electron chi connectivity index (χ2n) is 7.34. The Morgan fingerprint density at radius 3 is 2.32 bits per heavy atom. The molecule has 0 spiro atoms. The van der Waals surface area contributed by atoms with Gasteiger partial charge in [-0.1, -0.05) is 11.6 Å². The molecular formula is C18H25ClN2O4. The minimum absolute atomic E-state index is 0.0898. The van der Waals surface area contributed by atoms with Crippen LogP contribution in [-0.4, -0.2) is 34.9 Å². The first-order valence-electron chi connectivity index (χ1n) is 8.43. The standard InChI is InChI=1S/C18H25ClN2O4/c1-18(2,3)25-17(24)21-12-6-4-11(5-7-12)20-13-8-9-15(19)14(10-13)16(22)23/h8-12,20H,4-7H2,1-3H3,(H,21,24)(H,22,23). The number of ether oxygens (including phenoxy) is 1. The first-order valence-corrected chi connectivity index (χ1v) is 8.81. The molecule has 1 fully saturated rings. The van der Waals surface area contributed by atoms with Crippen LogP contribution in [0.25, 0.3) is 0 Å². The first kappa shape index (κ1) is 19.4. The molecule has 0 aromatic heterocycles. The summed E-state index contributed by atoms with van der Waals surface area (Å²) in [5.74, 6) is -1.04. The van der Waals surface area contributed by atoms with Gasteiger partial charge in [0, 0.05) is 17.8 Å². The number of hydrogen-bond donors (Lipinski definition) is 3. The number of anilines is 1. The van der Waals surface area contributed by atoms with Gasteiger partial charge in [0.2, 0.25) is 0 Å². The van der Waals surface area contributed by atoms with Crippen molar-refractivity contribution in [3.63, 3.8) is 0 Å². The lowest BCUT2D eigenvalue weighted by Gasteiger charge is -2.31. The maximum Gasteiger partial charge on any atom is 0.407 e. The van der Waals surface area contributed by atoms with E-state index in [0.717, 1.165) is 31.4 Å². The van der Waals surface area contributed by atoms with Crippen LogP contribution in [0.3, 0.4) is 0 Å². The Kier molecular flexibility index (Phi) is 6.16. The largest absolute Gasteiger partial charge is 0.478 e. The van der Waals surface area contributed by atoms with Crippen molar-refractivity contribution in [1.82, 2.24) is 5.32 Å². The Labute approximate surface area is 152 Å². The predicted molar refractivity (Wildman–Crippen MR) is 97.4 cm³/mol. The number of amides is 1. The maximum atomic E-state index is 11.8. The molecule has 6 nitrogen and oxygen atoms in total. The molecule has 25 heavy (non-hydrogen) atoms. The Bertz CT molecular complexity index is 634. The van der Waals surface area contributed by atoms with Gasteiger partial charge in [-0.15, -0.1) is 0 Å². The maximum absolute atomic E-state index is 11.8. The van der Waals surface area contributed by atoms with Crippen molar-refractivity contribution in [1.29, 1.82) is 0 Å². The van der Waals surface area contributed by atoms with E-state index in [-0.39, 0.29) is 28.8 Å². The zero-order valence-electron chi connectivity index (χ0n) is 14.8. The molecule has 1 aliphatic rings. The second-order valence-corrected chi connectivity index (χ2v) is 7.75. The summed E-state index contributed by atoms with van der Waals surface area (Å²) in [6.07, 6.45) is 3.07. The predicted octanol–water partition coefficient (Wildman–Crippen LogP) is 4.29. The lowest BCUT2D eigenvalue weighted by molar-refractivity contribution is 0.0491. The number of aromatic carboxylic acids is 1. The van der Waals surface area contributed by atoms with Gasteiger partial charge in [-0.05, 0) is 64.7 Å². The molecule has 0 radical (unpaired) electrons. The lowest BCUT2D eigenvalue weighted by atomic mass is 9.91. The molecular weight excluding hydrogens is 344 g/mol. The Morgan fingerprint density at radius 2 is 1.76 bits per heavy atom. The number of alkyl carbamates (subject to hydrolysis) is 1. The summed E-state index contributed by atoms with van der Waals surface area (Å²) < 4.78 is 5.28. The molecule has 0 bridgehead atoms. The quantitative estimate of drug-likeness (QED) is 0.738. The molecule has 7 heteroatoms. The van der Waals surface area contributed by atoms with E-state index in [2.05, 4.69) is 10.6 Å². The van der Waals surface area contributed by atoms with E-state index >= 15 is 0 Å². The van der Waals surface area contributed by atoms with Crippen molar-refractivity contribution in [3.05, 3.63) is 28.8 Å². The Hall–Kier alpha value is -1.95. The van der Waals surface area contributed by atoms with Crippen LogP contribution in [0.15, 0.2) is 18.2 Å². The minimum Gasteiger partial charge on any atom is -0.478 e. The van der Waals surface area contributed by atoms with E-state index < -0.39 is 11.6 Å². The number of nitrogens with one attached hydrogen (secondary N) is 2. The molecule has 0 aliphatic heterocycles. The third-order valence-electron chi connectivity index (χ3n) is 4.02. The second kappa shape index (κ2) is 7.95. The third kappa shape index (κ3) is 6.12. The van der Waals surface area contributed by atoms with Crippen LogP contribution in [0, 0.1) is 0 Å². The van der Waals surface area contributed by atoms with E-state index in [9.17, 15) is 9.59 Å². The molecule has 0 unspecified atom stereocenters. The average molecular weight is 369 g/mol. The van der Waals surface area contributed by atoms with Gasteiger partial charge < -0.3 is 20.5 Å². The summed E-state index contributed by atoms with van der Waals surface area (Å²) >= 11 is 5.89. The number of carboxylic acid groups (broad SMARTS) is 1. The molecule has 1 saturated carbocycles. The number of carbonyl (C=O) groups is 2. The molecule has 0 saturated heterocycles. The molecule has 2 rings (SSSR count). The van der Waals surface area contributed by atoms with E-state index in [4.69, 9.17) is 21.4 Å². The molecule has 3 N–H and O–H groups in total. The van der Waals surface area contributed by atoms with Crippen molar-refractivity contribution in [3.8, 4) is 0 Å². The highest BCUT2D eigenvalue weighted by atomic mass is 35.5. The summed E-state index contributed by atoms with van der Waals surface area (Å²) in [5, 5.41) is 15.6. The fraction of sp³-hybridized carbons (Fsp3) is 0.556. The van der Waals surface area contributed by atoms with Gasteiger partial charge in [0.1, 0.15) is 5.60 Å². The zero-order chi connectivity index (χ0) is 18.6. The van der Waals surface area contributed by atoms with E-state index in [1.54, 1.807) is 18.2 Å². The SMILES string of the molecule is CC(C)(C)OC(=O)NC1CCC(Nc2ccc(Cl)c(C(=O)O)c2)CC1. The van der Waals surface area contributed by atoms with Crippen molar-refractivity contribution in [2.24, 2.45) is 0 Å². The number of rotatable bonds is 4. The zero-order valence-corrected chi connectivity index (χ0v) is 15.5. The summed E-state index contributed by atoms with van der Waals surface area (Å²) in [6, 6.07) is 5.26. The topological polar surface area (TPSA) is 87.7 Å². The van der Waals surface area contributed by atoms with Gasteiger partial charge in [0.15, 0.2) is 0 Å². The highest BCUT2D eigenvalue weighted by molar-refractivity contribution is 6.33. The third-order valence-corrected chi connectivity index (χ3v) is 4.35. The van der Waals surface area contributed by atoms with Crippen molar-refractivity contribution >= 4 is 29.4 Å². The Morgan fingerprint density at radius 1 is 1.16 bits per heavy atom. The van der Waals surface area contributed by atoms with Gasteiger partial charge in [0.05, 0.1) is 10.6 Å².